The molecule has 0 spiro atoms. The van der Waals surface area contributed by atoms with Gasteiger partial charge in [0.05, 0.1) is 0 Å². The molecule has 0 aromatic heterocycles. The van der Waals surface area contributed by atoms with E-state index in [1.165, 1.54) is 64.2 Å². The number of hydrogen-bond donors (Lipinski definition) is 1. The molecule has 0 saturated heterocycles. The Morgan fingerprint density at radius 1 is 0.941 bits per heavy atom. The Kier molecular flexibility index (Phi) is 13.5. The van der Waals surface area contributed by atoms with Crippen LogP contribution in [0.1, 0.15) is 78.1 Å². The van der Waals surface area contributed by atoms with Gasteiger partial charge in [0.15, 0.2) is 0 Å². The third kappa shape index (κ3) is 13.6. The van der Waals surface area contributed by atoms with Gasteiger partial charge in [-0.05, 0) is 39.8 Å². The number of hydrogen-bond acceptors (Lipinski definition) is 1. The molecule has 0 rings (SSSR count). The van der Waals surface area contributed by atoms with Crippen LogP contribution in [0.25, 0.3) is 0 Å². The summed E-state index contributed by atoms with van der Waals surface area (Å²) >= 11 is 0. The van der Waals surface area contributed by atoms with Crippen LogP contribution in [0.2, 0.25) is 0 Å². The van der Waals surface area contributed by atoms with Crippen molar-refractivity contribution in [3.8, 4) is 0 Å². The Balaban J connectivity index is 3.18. The van der Waals surface area contributed by atoms with Crippen molar-refractivity contribution in [2.75, 3.05) is 13.6 Å². The molecule has 0 fully saturated rings. The van der Waals surface area contributed by atoms with Crippen molar-refractivity contribution in [1.82, 2.24) is 5.32 Å². The maximum atomic E-state index is 3.18. The van der Waals surface area contributed by atoms with Crippen molar-refractivity contribution in [3.63, 3.8) is 0 Å². The summed E-state index contributed by atoms with van der Waals surface area (Å²) in [6.45, 7) is 5.66. The molecule has 0 aliphatic heterocycles. The topological polar surface area (TPSA) is 12.0 Å². The first kappa shape index (κ1) is 16.7. The van der Waals surface area contributed by atoms with Gasteiger partial charge >= 0.3 is 0 Å². The lowest BCUT2D eigenvalue weighted by Crippen LogP contribution is -2.06. The quantitative estimate of drug-likeness (QED) is 0.370. The molecule has 0 atom stereocenters. The predicted molar refractivity (Wildman–Crippen MR) is 79.5 cm³/mol. The van der Waals surface area contributed by atoms with Crippen molar-refractivity contribution in [3.05, 3.63) is 11.6 Å². The summed E-state index contributed by atoms with van der Waals surface area (Å²) in [6, 6.07) is 0. The molecule has 0 amide bonds. The summed E-state index contributed by atoms with van der Waals surface area (Å²) in [5.41, 5.74) is 1.58. The summed E-state index contributed by atoms with van der Waals surface area (Å²) in [5.74, 6) is 0. The van der Waals surface area contributed by atoms with Crippen LogP contribution in [-0.4, -0.2) is 13.6 Å². The van der Waals surface area contributed by atoms with Gasteiger partial charge in [0, 0.05) is 0 Å². The number of nitrogens with one attached hydrogen (secondary N) is 1. The molecule has 0 radical (unpaired) electrons. The normalized spacial score (nSPS) is 12.1. The molecule has 1 heteroatoms. The number of rotatable bonds is 12. The van der Waals surface area contributed by atoms with E-state index in [2.05, 4.69) is 25.2 Å². The van der Waals surface area contributed by atoms with Crippen molar-refractivity contribution in [2.45, 2.75) is 78.1 Å². The smallest absolute Gasteiger partial charge is 0.00172 e. The molecular formula is C16H33N. The first-order valence-corrected chi connectivity index (χ1v) is 7.61. The van der Waals surface area contributed by atoms with Crippen molar-refractivity contribution >= 4 is 0 Å². The molecule has 0 aromatic rings. The molecule has 102 valence electrons. The van der Waals surface area contributed by atoms with Crippen LogP contribution in [0.5, 0.6) is 0 Å². The highest BCUT2D eigenvalue weighted by atomic mass is 14.8. The van der Waals surface area contributed by atoms with E-state index in [0.29, 0.717) is 0 Å². The lowest BCUT2D eigenvalue weighted by molar-refractivity contribution is 0.574. The third-order valence-electron chi connectivity index (χ3n) is 3.31. The average Bonchev–Trinajstić information content (AvgIpc) is 2.33. The summed E-state index contributed by atoms with van der Waals surface area (Å²) < 4.78 is 0. The average molecular weight is 239 g/mol. The largest absolute Gasteiger partial charge is 0.319 e. The van der Waals surface area contributed by atoms with Crippen LogP contribution >= 0.6 is 0 Å². The van der Waals surface area contributed by atoms with Crippen molar-refractivity contribution in [1.29, 1.82) is 0 Å². The van der Waals surface area contributed by atoms with E-state index < -0.39 is 0 Å². The van der Waals surface area contributed by atoms with E-state index in [9.17, 15) is 0 Å². The fourth-order valence-corrected chi connectivity index (χ4v) is 2.10. The zero-order valence-electron chi connectivity index (χ0n) is 12.4. The summed E-state index contributed by atoms with van der Waals surface area (Å²) in [6.07, 6.45) is 16.2. The van der Waals surface area contributed by atoms with Crippen molar-refractivity contribution in [2.24, 2.45) is 0 Å². The second-order valence-electron chi connectivity index (χ2n) is 5.17. The molecule has 1 nitrogen and oxygen atoms in total. The minimum absolute atomic E-state index is 1.11. The minimum atomic E-state index is 1.11. The summed E-state index contributed by atoms with van der Waals surface area (Å²) in [7, 11) is 2.02. The fraction of sp³-hybridized carbons (Fsp3) is 0.875. The van der Waals surface area contributed by atoms with Gasteiger partial charge in [-0.2, -0.15) is 0 Å². The zero-order valence-corrected chi connectivity index (χ0v) is 12.4. The van der Waals surface area contributed by atoms with Gasteiger partial charge in [-0.3, -0.25) is 0 Å². The van der Waals surface area contributed by atoms with Gasteiger partial charge in [0.25, 0.3) is 0 Å². The number of unbranched alkanes of at least 4 members (excludes halogenated alkanes) is 7. The van der Waals surface area contributed by atoms with Gasteiger partial charge in [0.2, 0.25) is 0 Å². The van der Waals surface area contributed by atoms with E-state index in [-0.39, 0.29) is 0 Å². The Labute approximate surface area is 109 Å². The fourth-order valence-electron chi connectivity index (χ4n) is 2.10. The Hall–Kier alpha value is -0.300. The SMILES string of the molecule is CCCCCCCCCCC(C)=CCCNC. The predicted octanol–water partition coefficient (Wildman–Crippen LogP) is 5.07. The van der Waals surface area contributed by atoms with Gasteiger partial charge in [-0.15, -0.1) is 0 Å². The molecule has 0 aromatic carbocycles. The van der Waals surface area contributed by atoms with E-state index in [1.54, 1.807) is 5.57 Å². The van der Waals surface area contributed by atoms with Crippen molar-refractivity contribution < 1.29 is 0 Å². The zero-order chi connectivity index (χ0) is 12.8. The molecule has 0 saturated carbocycles. The van der Waals surface area contributed by atoms with E-state index in [0.717, 1.165) is 6.54 Å². The second kappa shape index (κ2) is 13.8. The third-order valence-corrected chi connectivity index (χ3v) is 3.31. The highest BCUT2D eigenvalue weighted by Crippen LogP contribution is 2.12. The number of allylic oxidation sites excluding steroid dienone is 1. The molecule has 0 aliphatic rings. The van der Waals surface area contributed by atoms with Crippen LogP contribution in [0, 0.1) is 0 Å². The van der Waals surface area contributed by atoms with E-state index >= 15 is 0 Å². The highest BCUT2D eigenvalue weighted by Gasteiger charge is 1.93. The van der Waals surface area contributed by atoms with Gasteiger partial charge in [-0.25, -0.2) is 0 Å². The van der Waals surface area contributed by atoms with Gasteiger partial charge < -0.3 is 5.32 Å². The molecule has 0 unspecified atom stereocenters. The van der Waals surface area contributed by atoms with Gasteiger partial charge in [0.1, 0.15) is 0 Å². The standard InChI is InChI=1S/C16H33N/c1-4-5-6-7-8-9-10-11-13-16(2)14-12-15-17-3/h14,17H,4-13,15H2,1-3H3. The van der Waals surface area contributed by atoms with Crippen LogP contribution in [-0.2, 0) is 0 Å². The van der Waals surface area contributed by atoms with Crippen LogP contribution in [0.3, 0.4) is 0 Å². The van der Waals surface area contributed by atoms with E-state index in [1.807, 2.05) is 7.05 Å². The molecular weight excluding hydrogens is 206 g/mol. The Bertz CT molecular complexity index is 172. The molecule has 17 heavy (non-hydrogen) atoms. The second-order valence-corrected chi connectivity index (χ2v) is 5.17. The molecule has 0 heterocycles. The monoisotopic (exact) mass is 239 g/mol. The lowest BCUT2D eigenvalue weighted by atomic mass is 10.0. The molecule has 1 N–H and O–H groups in total. The van der Waals surface area contributed by atoms with E-state index in [4.69, 9.17) is 0 Å². The minimum Gasteiger partial charge on any atom is -0.319 e. The maximum Gasteiger partial charge on any atom is -0.00172 e. The summed E-state index contributed by atoms with van der Waals surface area (Å²) in [5, 5.41) is 3.18. The maximum absolute atomic E-state index is 3.18. The molecule has 0 bridgehead atoms. The Morgan fingerprint density at radius 3 is 2.12 bits per heavy atom. The highest BCUT2D eigenvalue weighted by molar-refractivity contribution is 4.97. The van der Waals surface area contributed by atoms with Crippen LogP contribution in [0.4, 0.5) is 0 Å². The van der Waals surface area contributed by atoms with Gasteiger partial charge in [-0.1, -0.05) is 63.5 Å². The Morgan fingerprint density at radius 2 is 1.53 bits per heavy atom. The first-order valence-electron chi connectivity index (χ1n) is 7.61. The van der Waals surface area contributed by atoms with Crippen LogP contribution < -0.4 is 5.32 Å². The first-order chi connectivity index (χ1) is 8.31. The summed E-state index contributed by atoms with van der Waals surface area (Å²) in [4.78, 5) is 0. The molecule has 0 aliphatic carbocycles. The lowest BCUT2D eigenvalue weighted by Gasteiger charge is -2.03. The van der Waals surface area contributed by atoms with Crippen LogP contribution in [0.15, 0.2) is 11.6 Å².